The number of ether oxygens (including phenoxy) is 2. The predicted octanol–water partition coefficient (Wildman–Crippen LogP) is 5.29. The van der Waals surface area contributed by atoms with Crippen molar-refractivity contribution in [2.75, 3.05) is 7.11 Å². The first-order valence-electron chi connectivity index (χ1n) is 8.36. The molecule has 0 aliphatic rings. The zero-order valence-corrected chi connectivity index (χ0v) is 14.8. The van der Waals surface area contributed by atoms with Crippen molar-refractivity contribution in [3.8, 4) is 22.6 Å². The number of rotatable bonds is 5. The lowest BCUT2D eigenvalue weighted by molar-refractivity contribution is -0.128. The van der Waals surface area contributed by atoms with Gasteiger partial charge in [-0.05, 0) is 42.3 Å². The monoisotopic (exact) mass is 344 g/mol. The highest BCUT2D eigenvalue weighted by Crippen LogP contribution is 2.23. The van der Waals surface area contributed by atoms with Gasteiger partial charge in [0.2, 0.25) is 0 Å². The molecule has 0 fully saturated rings. The van der Waals surface area contributed by atoms with E-state index in [1.807, 2.05) is 36.4 Å². The quantitative estimate of drug-likeness (QED) is 0.358. The van der Waals surface area contributed by atoms with Crippen LogP contribution in [-0.4, -0.2) is 13.1 Å². The summed E-state index contributed by atoms with van der Waals surface area (Å²) in [7, 11) is 1.60. The predicted molar refractivity (Wildman–Crippen MR) is 104 cm³/mol. The Morgan fingerprint density at radius 2 is 1.46 bits per heavy atom. The van der Waals surface area contributed by atoms with Crippen LogP contribution >= 0.6 is 0 Å². The molecule has 3 aromatic rings. The number of carbonyl (C=O) groups excluding carboxylic acids is 1. The van der Waals surface area contributed by atoms with Crippen molar-refractivity contribution in [1.82, 2.24) is 0 Å². The molecule has 0 radical (unpaired) electrons. The van der Waals surface area contributed by atoms with E-state index in [0.717, 1.165) is 16.7 Å². The first-order chi connectivity index (χ1) is 12.7. The summed E-state index contributed by atoms with van der Waals surface area (Å²) < 4.78 is 10.6. The molecular weight excluding hydrogens is 324 g/mol. The van der Waals surface area contributed by atoms with Gasteiger partial charge in [0.05, 0.1) is 7.11 Å². The maximum absolute atomic E-state index is 12.0. The lowest BCUT2D eigenvalue weighted by Gasteiger charge is -2.05. The van der Waals surface area contributed by atoms with Crippen molar-refractivity contribution in [2.45, 2.75) is 6.92 Å². The summed E-state index contributed by atoms with van der Waals surface area (Å²) in [5.41, 5.74) is 4.25. The Kier molecular flexibility index (Phi) is 5.49. The summed E-state index contributed by atoms with van der Waals surface area (Å²) in [6.45, 7) is 2.06. The van der Waals surface area contributed by atoms with Crippen molar-refractivity contribution in [1.29, 1.82) is 0 Å². The van der Waals surface area contributed by atoms with Gasteiger partial charge in [-0.2, -0.15) is 0 Å². The van der Waals surface area contributed by atoms with E-state index >= 15 is 0 Å². The third kappa shape index (κ3) is 4.39. The number of methoxy groups -OCH3 is 1. The Hall–Kier alpha value is -3.33. The minimum atomic E-state index is -0.431. The number of benzene rings is 3. The average Bonchev–Trinajstić information content (AvgIpc) is 2.68. The maximum Gasteiger partial charge on any atom is 0.336 e. The molecule has 0 atom stereocenters. The van der Waals surface area contributed by atoms with E-state index < -0.39 is 5.97 Å². The van der Waals surface area contributed by atoms with Gasteiger partial charge in [0.25, 0.3) is 0 Å². The van der Waals surface area contributed by atoms with Crippen LogP contribution in [0.3, 0.4) is 0 Å². The fourth-order valence-corrected chi connectivity index (χ4v) is 2.57. The number of carbonyl (C=O) groups is 1. The van der Waals surface area contributed by atoms with Gasteiger partial charge in [-0.15, -0.1) is 0 Å². The minimum Gasteiger partial charge on any atom is -0.496 e. The summed E-state index contributed by atoms with van der Waals surface area (Å²) in [5.74, 6) is 0.786. The molecule has 3 nitrogen and oxygen atoms in total. The van der Waals surface area contributed by atoms with E-state index in [1.165, 1.54) is 11.6 Å². The zero-order chi connectivity index (χ0) is 18.4. The van der Waals surface area contributed by atoms with Gasteiger partial charge < -0.3 is 9.47 Å². The highest BCUT2D eigenvalue weighted by molar-refractivity contribution is 5.89. The zero-order valence-electron chi connectivity index (χ0n) is 14.8. The average molecular weight is 344 g/mol. The third-order valence-corrected chi connectivity index (χ3v) is 4.00. The molecule has 3 rings (SSSR count). The molecule has 0 spiro atoms. The van der Waals surface area contributed by atoms with Gasteiger partial charge in [0.15, 0.2) is 0 Å². The van der Waals surface area contributed by atoms with Crippen molar-refractivity contribution in [2.24, 2.45) is 0 Å². The summed E-state index contributed by atoms with van der Waals surface area (Å²) in [5, 5.41) is 0. The SMILES string of the molecule is COc1ccccc1C=CC(=O)Oc1ccc(-c2ccc(C)cc2)cc1. The van der Waals surface area contributed by atoms with E-state index in [-0.39, 0.29) is 0 Å². The Morgan fingerprint density at radius 1 is 0.846 bits per heavy atom. The number of para-hydroxylation sites is 1. The normalized spacial score (nSPS) is 10.7. The number of hydrogen-bond acceptors (Lipinski definition) is 3. The van der Waals surface area contributed by atoms with Crippen LogP contribution in [-0.2, 0) is 4.79 Å². The number of esters is 1. The number of hydrogen-bond donors (Lipinski definition) is 0. The van der Waals surface area contributed by atoms with E-state index in [4.69, 9.17) is 9.47 Å². The molecule has 26 heavy (non-hydrogen) atoms. The van der Waals surface area contributed by atoms with Crippen molar-refractivity contribution in [3.05, 3.63) is 90.0 Å². The van der Waals surface area contributed by atoms with E-state index in [9.17, 15) is 4.79 Å². The standard InChI is InChI=1S/C23H20O3/c1-17-7-9-18(10-8-17)19-11-14-21(15-12-19)26-23(24)16-13-20-5-3-4-6-22(20)25-2/h3-16H,1-2H3. The molecule has 130 valence electrons. The van der Waals surface area contributed by atoms with Crippen LogP contribution in [0.4, 0.5) is 0 Å². The molecule has 3 heteroatoms. The Balaban J connectivity index is 1.66. The highest BCUT2D eigenvalue weighted by Gasteiger charge is 2.03. The van der Waals surface area contributed by atoms with Crippen molar-refractivity contribution >= 4 is 12.0 Å². The van der Waals surface area contributed by atoms with Gasteiger partial charge in [-0.25, -0.2) is 4.79 Å². The topological polar surface area (TPSA) is 35.5 Å². The molecule has 0 aliphatic carbocycles. The van der Waals surface area contributed by atoms with E-state index in [0.29, 0.717) is 11.5 Å². The fourth-order valence-electron chi connectivity index (χ4n) is 2.57. The van der Waals surface area contributed by atoms with Gasteiger partial charge in [0.1, 0.15) is 11.5 Å². The second kappa shape index (κ2) is 8.17. The largest absolute Gasteiger partial charge is 0.496 e. The van der Waals surface area contributed by atoms with Crippen LogP contribution < -0.4 is 9.47 Å². The lowest BCUT2D eigenvalue weighted by Crippen LogP contribution is -2.03. The van der Waals surface area contributed by atoms with E-state index in [1.54, 1.807) is 25.3 Å². The first kappa shape index (κ1) is 17.5. The summed E-state index contributed by atoms with van der Waals surface area (Å²) in [4.78, 5) is 12.0. The van der Waals surface area contributed by atoms with Gasteiger partial charge in [0, 0.05) is 11.6 Å². The molecule has 0 heterocycles. The molecule has 0 aliphatic heterocycles. The van der Waals surface area contributed by atoms with Crippen LogP contribution in [0, 0.1) is 6.92 Å². The first-order valence-corrected chi connectivity index (χ1v) is 8.36. The summed E-state index contributed by atoms with van der Waals surface area (Å²) in [6.07, 6.45) is 3.08. The van der Waals surface area contributed by atoms with Gasteiger partial charge in [-0.1, -0.05) is 60.2 Å². The van der Waals surface area contributed by atoms with Crippen molar-refractivity contribution in [3.63, 3.8) is 0 Å². The third-order valence-electron chi connectivity index (χ3n) is 4.00. The lowest BCUT2D eigenvalue weighted by atomic mass is 10.0. The van der Waals surface area contributed by atoms with Gasteiger partial charge >= 0.3 is 5.97 Å². The maximum atomic E-state index is 12.0. The molecule has 3 aromatic carbocycles. The molecule has 0 aromatic heterocycles. The number of aryl methyl sites for hydroxylation is 1. The molecule has 0 unspecified atom stereocenters. The van der Waals surface area contributed by atoms with Crippen LogP contribution in [0.5, 0.6) is 11.5 Å². The molecule has 0 N–H and O–H groups in total. The summed E-state index contributed by atoms with van der Waals surface area (Å²) >= 11 is 0. The van der Waals surface area contributed by atoms with Crippen molar-refractivity contribution < 1.29 is 14.3 Å². The second-order valence-electron chi connectivity index (χ2n) is 5.89. The molecular formula is C23H20O3. The minimum absolute atomic E-state index is 0.431. The van der Waals surface area contributed by atoms with Crippen LogP contribution in [0.2, 0.25) is 0 Å². The fraction of sp³-hybridized carbons (Fsp3) is 0.0870. The summed E-state index contributed by atoms with van der Waals surface area (Å²) in [6, 6.07) is 23.3. The van der Waals surface area contributed by atoms with Crippen LogP contribution in [0.25, 0.3) is 17.2 Å². The van der Waals surface area contributed by atoms with E-state index in [2.05, 4.69) is 31.2 Å². The second-order valence-corrected chi connectivity index (χ2v) is 5.89. The Labute approximate surface area is 153 Å². The highest BCUT2D eigenvalue weighted by atomic mass is 16.5. The molecule has 0 amide bonds. The van der Waals surface area contributed by atoms with Crippen LogP contribution in [0.15, 0.2) is 78.9 Å². The van der Waals surface area contributed by atoms with Crippen LogP contribution in [0.1, 0.15) is 11.1 Å². The Morgan fingerprint density at radius 3 is 2.12 bits per heavy atom. The molecule has 0 bridgehead atoms. The Bertz CT molecular complexity index is 907. The smallest absolute Gasteiger partial charge is 0.336 e. The molecule has 0 saturated heterocycles. The van der Waals surface area contributed by atoms with Gasteiger partial charge in [-0.3, -0.25) is 0 Å². The molecule has 0 saturated carbocycles.